The van der Waals surface area contributed by atoms with Gasteiger partial charge in [0, 0.05) is 10.9 Å². The molecule has 21 heavy (non-hydrogen) atoms. The standard InChI is InChI=1S/C14H13BrF3NO2/c1-2-5-21-12-7-11(19-13(20)14(16,17)18)10-6-8(15)3-4-9(10)12/h2-4,6,11-12H,1,5,7H2,(H,19,20)/t11-,12+/m0/s1. The van der Waals surface area contributed by atoms with Crippen molar-refractivity contribution in [3.8, 4) is 0 Å². The molecule has 114 valence electrons. The zero-order valence-corrected chi connectivity index (χ0v) is 12.5. The van der Waals surface area contributed by atoms with Crippen molar-refractivity contribution in [1.82, 2.24) is 5.32 Å². The van der Waals surface area contributed by atoms with Gasteiger partial charge in [-0.2, -0.15) is 13.2 Å². The third-order valence-corrected chi connectivity index (χ3v) is 3.69. The van der Waals surface area contributed by atoms with Crippen LogP contribution >= 0.6 is 15.9 Å². The molecule has 1 amide bonds. The van der Waals surface area contributed by atoms with E-state index in [4.69, 9.17) is 4.74 Å². The summed E-state index contributed by atoms with van der Waals surface area (Å²) in [4.78, 5) is 11.1. The van der Waals surface area contributed by atoms with E-state index in [1.807, 2.05) is 5.32 Å². The van der Waals surface area contributed by atoms with Crippen LogP contribution in [-0.4, -0.2) is 18.7 Å². The molecule has 0 saturated carbocycles. The molecule has 0 saturated heterocycles. The molecule has 2 rings (SSSR count). The molecule has 0 aromatic heterocycles. The highest BCUT2D eigenvalue weighted by Crippen LogP contribution is 2.42. The number of fused-ring (bicyclic) bond motifs is 1. The van der Waals surface area contributed by atoms with Gasteiger partial charge in [-0.25, -0.2) is 0 Å². The second-order valence-electron chi connectivity index (χ2n) is 4.64. The number of benzene rings is 1. The first kappa shape index (κ1) is 16.0. The Bertz CT molecular complexity index is 560. The fourth-order valence-electron chi connectivity index (χ4n) is 2.33. The Morgan fingerprint density at radius 3 is 2.81 bits per heavy atom. The van der Waals surface area contributed by atoms with E-state index in [2.05, 4.69) is 22.5 Å². The van der Waals surface area contributed by atoms with Gasteiger partial charge in [0.25, 0.3) is 0 Å². The summed E-state index contributed by atoms with van der Waals surface area (Å²) >= 11 is 3.28. The highest BCUT2D eigenvalue weighted by molar-refractivity contribution is 9.10. The van der Waals surface area contributed by atoms with Crippen LogP contribution in [0.3, 0.4) is 0 Å². The van der Waals surface area contributed by atoms with Crippen LogP contribution in [0.5, 0.6) is 0 Å². The number of alkyl halides is 3. The van der Waals surface area contributed by atoms with Gasteiger partial charge in [-0.3, -0.25) is 4.79 Å². The van der Waals surface area contributed by atoms with Gasteiger partial charge < -0.3 is 10.1 Å². The van der Waals surface area contributed by atoms with E-state index in [0.29, 0.717) is 12.2 Å². The van der Waals surface area contributed by atoms with Gasteiger partial charge in [0.15, 0.2) is 0 Å². The molecule has 1 N–H and O–H groups in total. The van der Waals surface area contributed by atoms with Crippen LogP contribution in [0.25, 0.3) is 0 Å². The Morgan fingerprint density at radius 1 is 1.48 bits per heavy atom. The molecule has 0 bridgehead atoms. The Balaban J connectivity index is 2.23. The molecule has 0 unspecified atom stereocenters. The van der Waals surface area contributed by atoms with Crippen molar-refractivity contribution in [2.45, 2.75) is 24.7 Å². The van der Waals surface area contributed by atoms with Crippen molar-refractivity contribution in [3.05, 3.63) is 46.5 Å². The lowest BCUT2D eigenvalue weighted by atomic mass is 10.1. The van der Waals surface area contributed by atoms with Crippen molar-refractivity contribution < 1.29 is 22.7 Å². The van der Waals surface area contributed by atoms with Gasteiger partial charge in [0.2, 0.25) is 0 Å². The zero-order valence-electron chi connectivity index (χ0n) is 10.9. The fraction of sp³-hybridized carbons (Fsp3) is 0.357. The molecule has 1 aliphatic rings. The van der Waals surface area contributed by atoms with Crippen molar-refractivity contribution in [2.24, 2.45) is 0 Å². The van der Waals surface area contributed by atoms with Crippen LogP contribution in [0.2, 0.25) is 0 Å². The molecule has 0 heterocycles. The minimum atomic E-state index is -4.90. The number of halogens is 4. The van der Waals surface area contributed by atoms with Crippen LogP contribution in [0, 0.1) is 0 Å². The van der Waals surface area contributed by atoms with E-state index in [9.17, 15) is 18.0 Å². The van der Waals surface area contributed by atoms with Crippen LogP contribution in [-0.2, 0) is 9.53 Å². The summed E-state index contributed by atoms with van der Waals surface area (Å²) in [5, 5.41) is 2.02. The molecule has 0 fully saturated rings. The first-order chi connectivity index (χ1) is 9.82. The van der Waals surface area contributed by atoms with E-state index in [-0.39, 0.29) is 12.5 Å². The first-order valence-corrected chi connectivity index (χ1v) is 7.01. The third-order valence-electron chi connectivity index (χ3n) is 3.20. The topological polar surface area (TPSA) is 38.3 Å². The fourth-order valence-corrected chi connectivity index (χ4v) is 2.71. The maximum absolute atomic E-state index is 12.4. The van der Waals surface area contributed by atoms with Crippen LogP contribution in [0.1, 0.15) is 29.7 Å². The molecule has 0 spiro atoms. The normalized spacial score (nSPS) is 21.0. The predicted molar refractivity (Wildman–Crippen MR) is 74.6 cm³/mol. The number of amides is 1. The maximum Gasteiger partial charge on any atom is 0.471 e. The van der Waals surface area contributed by atoms with Gasteiger partial charge in [0.05, 0.1) is 18.8 Å². The third kappa shape index (κ3) is 3.65. The number of rotatable bonds is 4. The molecule has 7 heteroatoms. The number of hydrogen-bond acceptors (Lipinski definition) is 2. The first-order valence-electron chi connectivity index (χ1n) is 6.22. The van der Waals surface area contributed by atoms with Gasteiger partial charge >= 0.3 is 12.1 Å². The average Bonchev–Trinajstić information content (AvgIpc) is 2.73. The van der Waals surface area contributed by atoms with Crippen LogP contribution < -0.4 is 5.32 Å². The SMILES string of the molecule is C=CCO[C@@H]1C[C@H](NC(=O)C(F)(F)F)c2cc(Br)ccc21. The highest BCUT2D eigenvalue weighted by Gasteiger charge is 2.42. The van der Waals surface area contributed by atoms with Crippen LogP contribution in [0.4, 0.5) is 13.2 Å². The molecule has 1 aromatic rings. The second kappa shape index (κ2) is 6.19. The van der Waals surface area contributed by atoms with E-state index in [0.717, 1.165) is 10.0 Å². The smallest absolute Gasteiger partial charge is 0.369 e. The summed E-state index contributed by atoms with van der Waals surface area (Å²) in [7, 11) is 0. The summed E-state index contributed by atoms with van der Waals surface area (Å²) < 4.78 is 43.5. The lowest BCUT2D eigenvalue weighted by molar-refractivity contribution is -0.174. The summed E-state index contributed by atoms with van der Waals surface area (Å²) in [6.45, 7) is 3.83. The van der Waals surface area contributed by atoms with E-state index < -0.39 is 18.1 Å². The summed E-state index contributed by atoms with van der Waals surface area (Å²) in [5.74, 6) is -1.94. The highest BCUT2D eigenvalue weighted by atomic mass is 79.9. The van der Waals surface area contributed by atoms with Crippen molar-refractivity contribution >= 4 is 21.8 Å². The van der Waals surface area contributed by atoms with Crippen LogP contribution in [0.15, 0.2) is 35.3 Å². The van der Waals surface area contributed by atoms with E-state index in [1.54, 1.807) is 24.3 Å². The molecule has 1 aliphatic carbocycles. The molecular formula is C14H13BrF3NO2. The largest absolute Gasteiger partial charge is 0.471 e. The summed E-state index contributed by atoms with van der Waals surface area (Å²) in [5.41, 5.74) is 1.42. The average molecular weight is 364 g/mol. The zero-order chi connectivity index (χ0) is 15.6. The molecule has 1 aromatic carbocycles. The van der Waals surface area contributed by atoms with Crippen molar-refractivity contribution in [1.29, 1.82) is 0 Å². The van der Waals surface area contributed by atoms with Gasteiger partial charge in [-0.15, -0.1) is 6.58 Å². The molecule has 2 atom stereocenters. The molecule has 0 aliphatic heterocycles. The Morgan fingerprint density at radius 2 is 2.19 bits per heavy atom. The molecule has 0 radical (unpaired) electrons. The Kier molecular flexibility index (Phi) is 4.73. The number of nitrogens with one attached hydrogen (secondary N) is 1. The predicted octanol–water partition coefficient (Wildman–Crippen LogP) is 3.82. The lowest BCUT2D eigenvalue weighted by Crippen LogP contribution is -2.38. The summed E-state index contributed by atoms with van der Waals surface area (Å²) in [6, 6.07) is 4.55. The molecular weight excluding hydrogens is 351 g/mol. The van der Waals surface area contributed by atoms with E-state index >= 15 is 0 Å². The minimum Gasteiger partial charge on any atom is -0.369 e. The quantitative estimate of drug-likeness (QED) is 0.826. The monoisotopic (exact) mass is 363 g/mol. The number of carbonyl (C=O) groups is 1. The lowest BCUT2D eigenvalue weighted by Gasteiger charge is -2.16. The number of carbonyl (C=O) groups excluding carboxylic acids is 1. The summed E-state index contributed by atoms with van der Waals surface area (Å²) in [6.07, 6.45) is -3.42. The van der Waals surface area contributed by atoms with E-state index in [1.165, 1.54) is 0 Å². The van der Waals surface area contributed by atoms with Gasteiger partial charge in [0.1, 0.15) is 0 Å². The van der Waals surface area contributed by atoms with Crippen molar-refractivity contribution in [2.75, 3.05) is 6.61 Å². The van der Waals surface area contributed by atoms with Gasteiger partial charge in [-0.05, 0) is 23.3 Å². The van der Waals surface area contributed by atoms with Gasteiger partial charge in [-0.1, -0.05) is 28.1 Å². The minimum absolute atomic E-state index is 0.265. The Hall–Kier alpha value is -1.34. The Labute approximate surface area is 128 Å². The molecule has 3 nitrogen and oxygen atoms in total. The second-order valence-corrected chi connectivity index (χ2v) is 5.56. The van der Waals surface area contributed by atoms with Crippen molar-refractivity contribution in [3.63, 3.8) is 0 Å². The number of hydrogen-bond donors (Lipinski definition) is 1. The number of ether oxygens (including phenoxy) is 1. The maximum atomic E-state index is 12.4.